The molecule has 1 aromatic carbocycles. The fourth-order valence-electron chi connectivity index (χ4n) is 3.59. The third-order valence-corrected chi connectivity index (χ3v) is 4.96. The third kappa shape index (κ3) is 2.30. The number of hydrogen-bond donors (Lipinski definition) is 2. The molecule has 3 aromatic heterocycles. The fourth-order valence-corrected chi connectivity index (χ4v) is 3.59. The third-order valence-electron chi connectivity index (χ3n) is 4.96. The van der Waals surface area contributed by atoms with Crippen molar-refractivity contribution in [3.05, 3.63) is 65.6 Å². The molecule has 0 radical (unpaired) electrons. The van der Waals surface area contributed by atoms with E-state index in [1.54, 1.807) is 0 Å². The van der Waals surface area contributed by atoms with E-state index in [2.05, 4.69) is 51.1 Å². The summed E-state index contributed by atoms with van der Waals surface area (Å²) >= 11 is 0. The Bertz CT molecular complexity index is 1100. The maximum Gasteiger partial charge on any atom is 0.137 e. The number of benzene rings is 1. The molecule has 0 bridgehead atoms. The number of hydrogen-bond acceptors (Lipinski definition) is 2. The minimum absolute atomic E-state index is 0.856. The zero-order valence-electron chi connectivity index (χ0n) is 14.0. The number of nitrogens with zero attached hydrogens (tertiary/aromatic N) is 2. The molecule has 4 aromatic rings. The number of aliphatic imine (C=N–C) groups is 1. The summed E-state index contributed by atoms with van der Waals surface area (Å²) in [6.45, 7) is 2.97. The minimum atomic E-state index is 0.856. The van der Waals surface area contributed by atoms with Gasteiger partial charge in [0.1, 0.15) is 5.65 Å². The molecule has 0 amide bonds. The van der Waals surface area contributed by atoms with Crippen LogP contribution in [0.3, 0.4) is 0 Å². The summed E-state index contributed by atoms with van der Waals surface area (Å²) in [6, 6.07) is 10.9. The first-order valence-corrected chi connectivity index (χ1v) is 8.54. The molecular formula is C21H18N4. The molecular weight excluding hydrogens is 308 g/mol. The first kappa shape index (κ1) is 14.2. The quantitative estimate of drug-likeness (QED) is 0.559. The molecule has 4 nitrogen and oxygen atoms in total. The van der Waals surface area contributed by atoms with E-state index in [0.29, 0.717) is 0 Å². The molecule has 1 aliphatic rings. The van der Waals surface area contributed by atoms with E-state index < -0.39 is 0 Å². The molecule has 4 heteroatoms. The number of aryl methyl sites for hydroxylation is 1. The lowest BCUT2D eigenvalue weighted by atomic mass is 9.91. The van der Waals surface area contributed by atoms with Gasteiger partial charge in [-0.05, 0) is 54.3 Å². The van der Waals surface area contributed by atoms with E-state index in [4.69, 9.17) is 0 Å². The van der Waals surface area contributed by atoms with Crippen molar-refractivity contribution in [1.29, 1.82) is 0 Å². The Balaban J connectivity index is 1.74. The van der Waals surface area contributed by atoms with Gasteiger partial charge in [0, 0.05) is 59.1 Å². The van der Waals surface area contributed by atoms with Crippen molar-refractivity contribution < 1.29 is 0 Å². The normalized spacial score (nSPS) is 13.3. The average Bonchev–Trinajstić information content (AvgIpc) is 3.31. The Kier molecular flexibility index (Phi) is 3.10. The molecule has 122 valence electrons. The van der Waals surface area contributed by atoms with Crippen LogP contribution >= 0.6 is 0 Å². The van der Waals surface area contributed by atoms with Crippen LogP contribution in [-0.2, 0) is 6.42 Å². The molecule has 1 aliphatic heterocycles. The summed E-state index contributed by atoms with van der Waals surface area (Å²) in [5, 5.41) is 1.18. The van der Waals surface area contributed by atoms with Gasteiger partial charge in [0.05, 0.1) is 0 Å². The van der Waals surface area contributed by atoms with Gasteiger partial charge in [-0.2, -0.15) is 0 Å². The van der Waals surface area contributed by atoms with E-state index in [1.807, 2.05) is 30.9 Å². The largest absolute Gasteiger partial charge is 0.361 e. The summed E-state index contributed by atoms with van der Waals surface area (Å²) in [5.41, 5.74) is 9.41. The molecule has 0 aliphatic carbocycles. The van der Waals surface area contributed by atoms with E-state index in [9.17, 15) is 0 Å². The van der Waals surface area contributed by atoms with Crippen LogP contribution in [0.25, 0.3) is 33.4 Å². The van der Waals surface area contributed by atoms with Gasteiger partial charge in [-0.25, -0.2) is 4.98 Å². The topological polar surface area (TPSA) is 56.8 Å². The Morgan fingerprint density at radius 1 is 1.08 bits per heavy atom. The number of aromatic amines is 2. The summed E-state index contributed by atoms with van der Waals surface area (Å²) in [5.74, 6) is 0. The maximum absolute atomic E-state index is 4.59. The van der Waals surface area contributed by atoms with Crippen molar-refractivity contribution >= 4 is 17.2 Å². The molecule has 0 fully saturated rings. The molecule has 2 N–H and O–H groups in total. The number of fused-ring (bicyclic) bond motifs is 2. The summed E-state index contributed by atoms with van der Waals surface area (Å²) in [4.78, 5) is 15.6. The summed E-state index contributed by atoms with van der Waals surface area (Å²) < 4.78 is 0. The van der Waals surface area contributed by atoms with E-state index in [1.165, 1.54) is 33.2 Å². The Morgan fingerprint density at radius 2 is 2.04 bits per heavy atom. The van der Waals surface area contributed by atoms with Crippen LogP contribution in [0.2, 0.25) is 0 Å². The molecule has 0 atom stereocenters. The predicted molar refractivity (Wildman–Crippen MR) is 102 cm³/mol. The van der Waals surface area contributed by atoms with E-state index in [-0.39, 0.29) is 0 Å². The van der Waals surface area contributed by atoms with Crippen molar-refractivity contribution in [2.24, 2.45) is 4.99 Å². The van der Waals surface area contributed by atoms with E-state index >= 15 is 0 Å². The van der Waals surface area contributed by atoms with E-state index in [0.717, 1.165) is 29.9 Å². The van der Waals surface area contributed by atoms with Crippen LogP contribution in [0.4, 0.5) is 0 Å². The molecule has 0 saturated heterocycles. The van der Waals surface area contributed by atoms with Crippen molar-refractivity contribution in [3.63, 3.8) is 0 Å². The minimum Gasteiger partial charge on any atom is -0.361 e. The van der Waals surface area contributed by atoms with Gasteiger partial charge in [-0.1, -0.05) is 6.07 Å². The van der Waals surface area contributed by atoms with Crippen molar-refractivity contribution in [3.8, 4) is 22.4 Å². The number of aromatic nitrogens is 3. The van der Waals surface area contributed by atoms with Crippen LogP contribution in [0.15, 0.2) is 53.9 Å². The Hall–Kier alpha value is -3.14. The summed E-state index contributed by atoms with van der Waals surface area (Å²) in [7, 11) is 0. The highest BCUT2D eigenvalue weighted by molar-refractivity contribution is 5.95. The summed E-state index contributed by atoms with van der Waals surface area (Å²) in [6.07, 6.45) is 8.92. The number of pyridine rings is 1. The van der Waals surface area contributed by atoms with Gasteiger partial charge in [0.15, 0.2) is 0 Å². The van der Waals surface area contributed by atoms with Gasteiger partial charge >= 0.3 is 0 Å². The second-order valence-electron chi connectivity index (χ2n) is 6.56. The number of nitrogens with one attached hydrogen (secondary N) is 2. The lowest BCUT2D eigenvalue weighted by Gasteiger charge is -2.17. The highest BCUT2D eigenvalue weighted by Gasteiger charge is 2.15. The van der Waals surface area contributed by atoms with Gasteiger partial charge in [0.2, 0.25) is 0 Å². The Labute approximate surface area is 145 Å². The first-order chi connectivity index (χ1) is 12.3. The molecule has 4 heterocycles. The highest BCUT2D eigenvalue weighted by atomic mass is 14.8. The zero-order chi connectivity index (χ0) is 16.8. The first-order valence-electron chi connectivity index (χ1n) is 8.54. The van der Waals surface area contributed by atoms with Crippen molar-refractivity contribution in [1.82, 2.24) is 15.0 Å². The van der Waals surface area contributed by atoms with Crippen LogP contribution in [0.1, 0.15) is 16.7 Å². The van der Waals surface area contributed by atoms with Crippen LogP contribution in [0.5, 0.6) is 0 Å². The fraction of sp³-hybridized carbons (Fsp3) is 0.143. The van der Waals surface area contributed by atoms with Crippen LogP contribution in [0, 0.1) is 6.92 Å². The smallest absolute Gasteiger partial charge is 0.137 e. The van der Waals surface area contributed by atoms with Gasteiger partial charge in [0.25, 0.3) is 0 Å². The number of H-pyrrole nitrogens is 2. The Morgan fingerprint density at radius 3 is 2.92 bits per heavy atom. The molecule has 0 spiro atoms. The molecule has 0 saturated carbocycles. The predicted octanol–water partition coefficient (Wildman–Crippen LogP) is 4.51. The lowest BCUT2D eigenvalue weighted by molar-refractivity contribution is 0.953. The van der Waals surface area contributed by atoms with Gasteiger partial charge in [-0.15, -0.1) is 0 Å². The van der Waals surface area contributed by atoms with Crippen LogP contribution in [-0.4, -0.2) is 27.7 Å². The average molecular weight is 326 g/mol. The SMILES string of the molecule is Cc1c[nH]c2ncc(-c3cc4c(c(-c5ccc[nH]5)c3)C=NCC4)cc12. The monoisotopic (exact) mass is 326 g/mol. The number of rotatable bonds is 2. The van der Waals surface area contributed by atoms with Crippen LogP contribution < -0.4 is 0 Å². The zero-order valence-corrected chi connectivity index (χ0v) is 14.0. The molecule has 5 rings (SSSR count). The van der Waals surface area contributed by atoms with Gasteiger partial charge < -0.3 is 9.97 Å². The lowest BCUT2D eigenvalue weighted by Crippen LogP contribution is -2.05. The van der Waals surface area contributed by atoms with Crippen molar-refractivity contribution in [2.75, 3.05) is 6.54 Å². The second-order valence-corrected chi connectivity index (χ2v) is 6.56. The molecule has 0 unspecified atom stereocenters. The standard InChI is InChI=1S/C21H18N4/c1-13-10-24-21-17(13)9-16(11-25-21)15-7-14-4-6-22-12-19(14)18(8-15)20-3-2-5-23-20/h2-3,5,7-12,23H,4,6H2,1H3,(H,24,25). The highest BCUT2D eigenvalue weighted by Crippen LogP contribution is 2.33. The van der Waals surface area contributed by atoms with Gasteiger partial charge in [-0.3, -0.25) is 4.99 Å². The second kappa shape index (κ2) is 5.45. The molecule has 25 heavy (non-hydrogen) atoms. The maximum atomic E-state index is 4.59. The van der Waals surface area contributed by atoms with Crippen molar-refractivity contribution in [2.45, 2.75) is 13.3 Å².